The third kappa shape index (κ3) is 3.28. The Balaban J connectivity index is 2.40. The number of aryl methyl sites for hydroxylation is 1. The van der Waals surface area contributed by atoms with Crippen LogP contribution in [0.1, 0.15) is 22.8 Å². The van der Waals surface area contributed by atoms with E-state index in [-0.39, 0.29) is 29.5 Å². The zero-order valence-corrected chi connectivity index (χ0v) is 11.7. The van der Waals surface area contributed by atoms with Gasteiger partial charge in [-0.1, -0.05) is 12.1 Å². The molecule has 1 heterocycles. The molecular weight excluding hydrogens is 275 g/mol. The Hall–Kier alpha value is -2.63. The summed E-state index contributed by atoms with van der Waals surface area (Å²) >= 11 is 0. The maximum atomic E-state index is 14.0. The minimum absolute atomic E-state index is 0.0159. The number of carbonyl (C=O) groups excluding carboxylic acids is 1. The van der Waals surface area contributed by atoms with Crippen LogP contribution in [0.15, 0.2) is 30.5 Å². The SMILES string of the molecule is CCOC(=O)c1cc(N)cnc1Oc1cccc(C)c1F. The van der Waals surface area contributed by atoms with Crippen LogP contribution < -0.4 is 10.5 Å². The molecule has 110 valence electrons. The molecule has 5 nitrogen and oxygen atoms in total. The molecule has 0 fully saturated rings. The number of aromatic nitrogens is 1. The smallest absolute Gasteiger partial charge is 0.343 e. The average molecular weight is 290 g/mol. The first-order valence-electron chi connectivity index (χ1n) is 6.38. The average Bonchev–Trinajstić information content (AvgIpc) is 2.46. The van der Waals surface area contributed by atoms with Crippen molar-refractivity contribution < 1.29 is 18.7 Å². The van der Waals surface area contributed by atoms with Crippen molar-refractivity contribution in [2.24, 2.45) is 0 Å². The molecule has 6 heteroatoms. The first-order valence-corrected chi connectivity index (χ1v) is 6.38. The third-order valence-electron chi connectivity index (χ3n) is 2.73. The molecular formula is C15H15FN2O3. The largest absolute Gasteiger partial charge is 0.462 e. The van der Waals surface area contributed by atoms with E-state index in [1.165, 1.54) is 18.3 Å². The van der Waals surface area contributed by atoms with Crippen molar-refractivity contribution in [1.29, 1.82) is 0 Å². The van der Waals surface area contributed by atoms with Crippen molar-refractivity contribution in [2.75, 3.05) is 12.3 Å². The normalized spacial score (nSPS) is 10.2. The fourth-order valence-electron chi connectivity index (χ4n) is 1.71. The lowest BCUT2D eigenvalue weighted by Gasteiger charge is -2.11. The van der Waals surface area contributed by atoms with Crippen molar-refractivity contribution >= 4 is 11.7 Å². The number of nitrogens with zero attached hydrogens (tertiary/aromatic N) is 1. The van der Waals surface area contributed by atoms with Gasteiger partial charge in [-0.05, 0) is 31.5 Å². The number of esters is 1. The van der Waals surface area contributed by atoms with Crippen LogP contribution in [0.4, 0.5) is 10.1 Å². The van der Waals surface area contributed by atoms with E-state index < -0.39 is 11.8 Å². The second kappa shape index (κ2) is 6.21. The molecule has 1 aromatic carbocycles. The van der Waals surface area contributed by atoms with Gasteiger partial charge in [-0.2, -0.15) is 0 Å². The molecule has 0 amide bonds. The number of halogens is 1. The van der Waals surface area contributed by atoms with Crippen LogP contribution in [-0.4, -0.2) is 17.6 Å². The summed E-state index contributed by atoms with van der Waals surface area (Å²) in [5.41, 5.74) is 6.38. The molecule has 0 saturated carbocycles. The number of pyridine rings is 1. The lowest BCUT2D eigenvalue weighted by Crippen LogP contribution is -2.09. The molecule has 0 aliphatic heterocycles. The van der Waals surface area contributed by atoms with Crippen molar-refractivity contribution in [3.63, 3.8) is 0 Å². The quantitative estimate of drug-likeness (QED) is 0.876. The molecule has 21 heavy (non-hydrogen) atoms. The molecule has 0 unspecified atom stereocenters. The Labute approximate surface area is 121 Å². The highest BCUT2D eigenvalue weighted by Crippen LogP contribution is 2.28. The molecule has 2 aromatic rings. The maximum Gasteiger partial charge on any atom is 0.343 e. The fourth-order valence-corrected chi connectivity index (χ4v) is 1.71. The molecule has 0 aliphatic rings. The summed E-state index contributed by atoms with van der Waals surface area (Å²) in [6.45, 7) is 3.50. The minimum atomic E-state index is -0.625. The summed E-state index contributed by atoms with van der Waals surface area (Å²) in [4.78, 5) is 15.8. The lowest BCUT2D eigenvalue weighted by molar-refractivity contribution is 0.0522. The van der Waals surface area contributed by atoms with Crippen molar-refractivity contribution in [1.82, 2.24) is 4.98 Å². The molecule has 0 saturated heterocycles. The van der Waals surface area contributed by atoms with Crippen LogP contribution in [0.2, 0.25) is 0 Å². The van der Waals surface area contributed by atoms with Crippen LogP contribution in [-0.2, 0) is 4.74 Å². The maximum absolute atomic E-state index is 14.0. The zero-order chi connectivity index (χ0) is 15.4. The number of hydrogen-bond acceptors (Lipinski definition) is 5. The van der Waals surface area contributed by atoms with Gasteiger partial charge in [0.25, 0.3) is 0 Å². The van der Waals surface area contributed by atoms with Gasteiger partial charge in [0.15, 0.2) is 11.6 Å². The van der Waals surface area contributed by atoms with Crippen LogP contribution >= 0.6 is 0 Å². The third-order valence-corrected chi connectivity index (χ3v) is 2.73. The zero-order valence-electron chi connectivity index (χ0n) is 11.7. The molecule has 0 spiro atoms. The number of nitrogens with two attached hydrogens (primary N) is 1. The summed E-state index contributed by atoms with van der Waals surface area (Å²) in [6, 6.07) is 6.10. The Kier molecular flexibility index (Phi) is 4.37. The number of ether oxygens (including phenoxy) is 2. The molecule has 0 bridgehead atoms. The van der Waals surface area contributed by atoms with Gasteiger partial charge in [-0.3, -0.25) is 0 Å². The van der Waals surface area contributed by atoms with E-state index in [4.69, 9.17) is 15.2 Å². The molecule has 0 radical (unpaired) electrons. The van der Waals surface area contributed by atoms with E-state index in [9.17, 15) is 9.18 Å². The molecule has 1 aromatic heterocycles. The standard InChI is InChI=1S/C15H15FN2O3/c1-3-20-15(19)11-7-10(17)8-18-14(11)21-12-6-4-5-9(2)13(12)16/h4-8H,3,17H2,1-2H3. The van der Waals surface area contributed by atoms with Crippen LogP contribution in [0.5, 0.6) is 11.6 Å². The van der Waals surface area contributed by atoms with Crippen molar-refractivity contribution in [2.45, 2.75) is 13.8 Å². The minimum Gasteiger partial charge on any atom is -0.462 e. The van der Waals surface area contributed by atoms with Crippen LogP contribution in [0.3, 0.4) is 0 Å². The number of nitrogen functional groups attached to an aromatic ring is 1. The predicted octanol–water partition coefficient (Wildman–Crippen LogP) is 3.08. The highest BCUT2D eigenvalue weighted by molar-refractivity contribution is 5.92. The first-order chi connectivity index (χ1) is 10.0. The summed E-state index contributed by atoms with van der Waals surface area (Å²) in [6.07, 6.45) is 1.33. The highest BCUT2D eigenvalue weighted by Gasteiger charge is 2.18. The molecule has 0 atom stereocenters. The number of anilines is 1. The Morgan fingerprint density at radius 3 is 2.90 bits per heavy atom. The topological polar surface area (TPSA) is 74.4 Å². The highest BCUT2D eigenvalue weighted by atomic mass is 19.1. The van der Waals surface area contributed by atoms with Gasteiger partial charge in [-0.15, -0.1) is 0 Å². The predicted molar refractivity (Wildman–Crippen MR) is 75.8 cm³/mol. The van der Waals surface area contributed by atoms with Crippen molar-refractivity contribution in [3.8, 4) is 11.6 Å². The second-order valence-corrected chi connectivity index (χ2v) is 4.33. The number of hydrogen-bond donors (Lipinski definition) is 1. The Bertz CT molecular complexity index is 674. The summed E-state index contributed by atoms with van der Waals surface area (Å²) in [7, 11) is 0. The second-order valence-electron chi connectivity index (χ2n) is 4.33. The van der Waals surface area contributed by atoms with E-state index in [2.05, 4.69) is 4.98 Å². The van der Waals surface area contributed by atoms with Gasteiger partial charge in [0.05, 0.1) is 18.5 Å². The van der Waals surface area contributed by atoms with E-state index in [0.29, 0.717) is 5.56 Å². The number of carbonyl (C=O) groups is 1. The van der Waals surface area contributed by atoms with Gasteiger partial charge >= 0.3 is 5.97 Å². The van der Waals surface area contributed by atoms with Gasteiger partial charge in [0.1, 0.15) is 5.56 Å². The monoisotopic (exact) mass is 290 g/mol. The summed E-state index contributed by atoms with van der Waals surface area (Å²) in [5, 5.41) is 0. The number of rotatable bonds is 4. The Morgan fingerprint density at radius 2 is 2.19 bits per heavy atom. The summed E-state index contributed by atoms with van der Waals surface area (Å²) in [5.74, 6) is -1.20. The Morgan fingerprint density at radius 1 is 1.43 bits per heavy atom. The fraction of sp³-hybridized carbons (Fsp3) is 0.200. The van der Waals surface area contributed by atoms with Gasteiger partial charge in [-0.25, -0.2) is 14.2 Å². The van der Waals surface area contributed by atoms with Crippen LogP contribution in [0, 0.1) is 12.7 Å². The summed E-state index contributed by atoms with van der Waals surface area (Å²) < 4.78 is 24.3. The van der Waals surface area contributed by atoms with Gasteiger partial charge in [0.2, 0.25) is 5.88 Å². The van der Waals surface area contributed by atoms with Gasteiger partial charge < -0.3 is 15.2 Å². The molecule has 2 N–H and O–H groups in total. The first kappa shape index (κ1) is 14.8. The van der Waals surface area contributed by atoms with Crippen LogP contribution in [0.25, 0.3) is 0 Å². The van der Waals surface area contributed by atoms with E-state index in [1.54, 1.807) is 26.0 Å². The van der Waals surface area contributed by atoms with E-state index >= 15 is 0 Å². The lowest BCUT2D eigenvalue weighted by atomic mass is 10.2. The molecule has 2 rings (SSSR count). The van der Waals surface area contributed by atoms with E-state index in [1.807, 2.05) is 0 Å². The van der Waals surface area contributed by atoms with E-state index in [0.717, 1.165) is 0 Å². The van der Waals surface area contributed by atoms with Crippen molar-refractivity contribution in [3.05, 3.63) is 47.4 Å². The number of benzene rings is 1. The van der Waals surface area contributed by atoms with Gasteiger partial charge in [0, 0.05) is 0 Å². The molecule has 0 aliphatic carbocycles.